The first-order valence-corrected chi connectivity index (χ1v) is 5.42. The average Bonchev–Trinajstić information content (AvgIpc) is 2.68. The SMILES string of the molecule is COc1cc(O)ccc1CC1(O)CCNC1. The second-order valence-electron chi connectivity index (χ2n) is 4.32. The third kappa shape index (κ3) is 2.28. The van der Waals surface area contributed by atoms with Crippen molar-refractivity contribution in [1.29, 1.82) is 0 Å². The molecule has 4 heteroatoms. The van der Waals surface area contributed by atoms with E-state index in [-0.39, 0.29) is 5.75 Å². The van der Waals surface area contributed by atoms with Crippen LogP contribution in [-0.2, 0) is 6.42 Å². The molecule has 1 heterocycles. The van der Waals surface area contributed by atoms with E-state index in [0.29, 0.717) is 18.7 Å². The highest BCUT2D eigenvalue weighted by Crippen LogP contribution is 2.29. The van der Waals surface area contributed by atoms with Crippen molar-refractivity contribution in [3.8, 4) is 11.5 Å². The molecule has 0 aromatic heterocycles. The Labute approximate surface area is 94.9 Å². The monoisotopic (exact) mass is 223 g/mol. The van der Waals surface area contributed by atoms with Crippen LogP contribution in [0.5, 0.6) is 11.5 Å². The van der Waals surface area contributed by atoms with Crippen molar-refractivity contribution in [2.45, 2.75) is 18.4 Å². The lowest BCUT2D eigenvalue weighted by atomic mass is 9.93. The van der Waals surface area contributed by atoms with Gasteiger partial charge in [0.2, 0.25) is 0 Å². The minimum Gasteiger partial charge on any atom is -0.508 e. The van der Waals surface area contributed by atoms with Crippen molar-refractivity contribution in [3.63, 3.8) is 0 Å². The van der Waals surface area contributed by atoms with E-state index in [4.69, 9.17) is 4.74 Å². The average molecular weight is 223 g/mol. The van der Waals surface area contributed by atoms with E-state index in [9.17, 15) is 10.2 Å². The van der Waals surface area contributed by atoms with Gasteiger partial charge < -0.3 is 20.3 Å². The van der Waals surface area contributed by atoms with Gasteiger partial charge in [-0.1, -0.05) is 6.07 Å². The summed E-state index contributed by atoms with van der Waals surface area (Å²) in [7, 11) is 1.56. The van der Waals surface area contributed by atoms with Crippen LogP contribution in [0.25, 0.3) is 0 Å². The normalized spacial score (nSPS) is 24.6. The van der Waals surface area contributed by atoms with Crippen LogP contribution in [0.4, 0.5) is 0 Å². The predicted octanol–water partition coefficient (Wildman–Crippen LogP) is 0.668. The maximum atomic E-state index is 10.3. The third-order valence-electron chi connectivity index (χ3n) is 3.01. The minimum atomic E-state index is -0.690. The lowest BCUT2D eigenvalue weighted by Crippen LogP contribution is -2.33. The molecule has 0 spiro atoms. The fourth-order valence-electron chi connectivity index (χ4n) is 2.12. The summed E-state index contributed by atoms with van der Waals surface area (Å²) in [5.41, 5.74) is 0.232. The topological polar surface area (TPSA) is 61.7 Å². The molecule has 0 amide bonds. The smallest absolute Gasteiger partial charge is 0.125 e. The minimum absolute atomic E-state index is 0.178. The Morgan fingerprint density at radius 2 is 2.31 bits per heavy atom. The summed E-state index contributed by atoms with van der Waals surface area (Å²) in [4.78, 5) is 0. The van der Waals surface area contributed by atoms with Crippen molar-refractivity contribution in [2.24, 2.45) is 0 Å². The molecule has 1 aromatic carbocycles. The number of phenolic OH excluding ortho intramolecular Hbond substituents is 1. The van der Waals surface area contributed by atoms with Crippen molar-refractivity contribution >= 4 is 0 Å². The Bertz CT molecular complexity index is 373. The van der Waals surface area contributed by atoms with Gasteiger partial charge in [-0.05, 0) is 24.6 Å². The van der Waals surface area contributed by atoms with Gasteiger partial charge in [0.1, 0.15) is 11.5 Å². The lowest BCUT2D eigenvalue weighted by molar-refractivity contribution is 0.0612. The number of hydrogen-bond donors (Lipinski definition) is 3. The van der Waals surface area contributed by atoms with Crippen molar-refractivity contribution in [3.05, 3.63) is 23.8 Å². The van der Waals surface area contributed by atoms with E-state index in [1.54, 1.807) is 25.3 Å². The Hall–Kier alpha value is -1.26. The Morgan fingerprint density at radius 1 is 1.50 bits per heavy atom. The number of methoxy groups -OCH3 is 1. The molecule has 1 unspecified atom stereocenters. The number of hydrogen-bond acceptors (Lipinski definition) is 4. The van der Waals surface area contributed by atoms with Crippen LogP contribution in [0.15, 0.2) is 18.2 Å². The summed E-state index contributed by atoms with van der Waals surface area (Å²) in [5.74, 6) is 0.803. The largest absolute Gasteiger partial charge is 0.508 e. The molecule has 1 fully saturated rings. The molecule has 0 aliphatic carbocycles. The number of rotatable bonds is 3. The van der Waals surface area contributed by atoms with E-state index in [2.05, 4.69) is 5.32 Å². The number of phenols is 1. The zero-order valence-electron chi connectivity index (χ0n) is 9.36. The molecule has 1 aliphatic heterocycles. The molecular weight excluding hydrogens is 206 g/mol. The highest BCUT2D eigenvalue weighted by molar-refractivity contribution is 5.41. The van der Waals surface area contributed by atoms with E-state index >= 15 is 0 Å². The van der Waals surface area contributed by atoms with Crippen molar-refractivity contribution < 1.29 is 14.9 Å². The van der Waals surface area contributed by atoms with Gasteiger partial charge >= 0.3 is 0 Å². The molecule has 2 rings (SSSR count). The van der Waals surface area contributed by atoms with Crippen molar-refractivity contribution in [1.82, 2.24) is 5.32 Å². The summed E-state index contributed by atoms with van der Waals surface area (Å²) < 4.78 is 5.19. The molecule has 3 N–H and O–H groups in total. The van der Waals surface area contributed by atoms with Gasteiger partial charge in [-0.3, -0.25) is 0 Å². The van der Waals surface area contributed by atoms with Gasteiger partial charge in [-0.2, -0.15) is 0 Å². The first-order valence-electron chi connectivity index (χ1n) is 5.42. The molecular formula is C12H17NO3. The Morgan fingerprint density at radius 3 is 2.94 bits per heavy atom. The molecule has 16 heavy (non-hydrogen) atoms. The second-order valence-corrected chi connectivity index (χ2v) is 4.32. The quantitative estimate of drug-likeness (QED) is 0.704. The highest BCUT2D eigenvalue weighted by Gasteiger charge is 2.31. The maximum Gasteiger partial charge on any atom is 0.125 e. The van der Waals surface area contributed by atoms with Crippen LogP contribution in [0.2, 0.25) is 0 Å². The summed E-state index contributed by atoms with van der Waals surface area (Å²) in [6.45, 7) is 1.45. The molecule has 88 valence electrons. The fourth-order valence-corrected chi connectivity index (χ4v) is 2.12. The third-order valence-corrected chi connectivity index (χ3v) is 3.01. The first kappa shape index (κ1) is 11.2. The molecule has 4 nitrogen and oxygen atoms in total. The van der Waals surface area contributed by atoms with Crippen LogP contribution in [0, 0.1) is 0 Å². The standard InChI is InChI=1S/C12H17NO3/c1-16-11-6-10(14)3-2-9(11)7-12(15)4-5-13-8-12/h2-3,6,13-15H,4-5,7-8H2,1H3. The predicted molar refractivity (Wildman–Crippen MR) is 60.8 cm³/mol. The van der Waals surface area contributed by atoms with E-state index in [1.165, 1.54) is 0 Å². The lowest BCUT2D eigenvalue weighted by Gasteiger charge is -2.22. The number of aliphatic hydroxyl groups is 1. The number of aromatic hydroxyl groups is 1. The van der Waals surface area contributed by atoms with Gasteiger partial charge in [0.25, 0.3) is 0 Å². The van der Waals surface area contributed by atoms with E-state index < -0.39 is 5.60 Å². The van der Waals surface area contributed by atoms with Crippen LogP contribution in [0.3, 0.4) is 0 Å². The number of ether oxygens (including phenoxy) is 1. The van der Waals surface area contributed by atoms with E-state index in [0.717, 1.165) is 18.5 Å². The van der Waals surface area contributed by atoms with Crippen LogP contribution >= 0.6 is 0 Å². The van der Waals surface area contributed by atoms with Gasteiger partial charge in [-0.25, -0.2) is 0 Å². The number of β-amino-alcohol motifs (C(OH)–C–C–N with tert-alkyl or cyclic N) is 1. The van der Waals surface area contributed by atoms with Gasteiger partial charge in [-0.15, -0.1) is 0 Å². The summed E-state index contributed by atoms with van der Waals surface area (Å²) in [6.07, 6.45) is 1.29. The Balaban J connectivity index is 2.20. The van der Waals surface area contributed by atoms with Crippen molar-refractivity contribution in [2.75, 3.05) is 20.2 Å². The molecule has 0 bridgehead atoms. The number of nitrogens with one attached hydrogen (secondary N) is 1. The first-order chi connectivity index (χ1) is 7.63. The molecule has 0 radical (unpaired) electrons. The summed E-state index contributed by atoms with van der Waals surface area (Å²) in [6, 6.07) is 4.98. The van der Waals surface area contributed by atoms with Gasteiger partial charge in [0, 0.05) is 19.0 Å². The van der Waals surface area contributed by atoms with Gasteiger partial charge in [0.15, 0.2) is 0 Å². The fraction of sp³-hybridized carbons (Fsp3) is 0.500. The molecule has 1 saturated heterocycles. The summed E-state index contributed by atoms with van der Waals surface area (Å²) in [5, 5.41) is 22.7. The number of benzene rings is 1. The summed E-state index contributed by atoms with van der Waals surface area (Å²) >= 11 is 0. The molecule has 1 aliphatic rings. The second kappa shape index (κ2) is 4.31. The maximum absolute atomic E-state index is 10.3. The Kier molecular flexibility index (Phi) is 3.03. The molecule has 1 aromatic rings. The molecule has 0 saturated carbocycles. The zero-order chi connectivity index (χ0) is 11.6. The van der Waals surface area contributed by atoms with Crippen LogP contribution < -0.4 is 10.1 Å². The molecule has 1 atom stereocenters. The van der Waals surface area contributed by atoms with Crippen LogP contribution in [0.1, 0.15) is 12.0 Å². The van der Waals surface area contributed by atoms with E-state index in [1.807, 2.05) is 0 Å². The highest BCUT2D eigenvalue weighted by atomic mass is 16.5. The van der Waals surface area contributed by atoms with Crippen LogP contribution in [-0.4, -0.2) is 36.0 Å². The zero-order valence-corrected chi connectivity index (χ0v) is 9.36. The van der Waals surface area contributed by atoms with Gasteiger partial charge in [0.05, 0.1) is 12.7 Å².